The molecule has 5 rings (SSSR count). The molecule has 0 fully saturated rings. The van der Waals surface area contributed by atoms with Crippen LogP contribution in [-0.4, -0.2) is 78.9 Å². The minimum Gasteiger partial charge on any atom is -0.507 e. The summed E-state index contributed by atoms with van der Waals surface area (Å²) in [6, 6.07) is 8.82. The van der Waals surface area contributed by atoms with Gasteiger partial charge in [0.05, 0.1) is 20.6 Å². The van der Waals surface area contributed by atoms with Gasteiger partial charge in [-0.25, -0.2) is 0 Å². The molecule has 0 unspecified atom stereocenters. The number of nitrogens with one attached hydrogen (secondary N) is 1. The SMILES string of the molecule is CSCNC(=O)COc1c2cc(S(=O)(=O)O)cc1Cc1cc(S(=O)(=O)O)cc(c1O)Cc1cc(C)cc(c1O)Cc1cc(S(=O)(=O)O)cc(c1O)C2. The van der Waals surface area contributed by atoms with Crippen LogP contribution in [0.3, 0.4) is 0 Å². The molecule has 4 aromatic rings. The van der Waals surface area contributed by atoms with Crippen LogP contribution in [0.1, 0.15) is 50.1 Å². The van der Waals surface area contributed by atoms with Crippen LogP contribution < -0.4 is 10.1 Å². The fraction of sp³-hybridized carbons (Fsp3) is 0.242. The molecular weight excluding hydrogens is 763 g/mol. The van der Waals surface area contributed by atoms with Gasteiger partial charge in [-0.05, 0) is 60.7 Å². The standard InChI is InChI=1S/C33H33NO14S4/c1-17-3-18-5-20-9-26(50(39,40)41)11-22(31(20)37)7-24-13-28(52(45,46)47)14-25(33(24)48-15-29(35)34-16-49-2)8-23-12-27(51(42,43)44)10-21(32(23)38)6-19(4-17)30(18)36/h3-4,9-14,36-38H,5-8,15-16H2,1-2H3,(H,34,35)(H,39,40,41)(H,42,43,44)(H,45,46,47). The summed E-state index contributed by atoms with van der Waals surface area (Å²) in [7, 11) is -14.8. The molecule has 15 nitrogen and oxygen atoms in total. The molecule has 7 N–H and O–H groups in total. The molecule has 52 heavy (non-hydrogen) atoms. The smallest absolute Gasteiger partial charge is 0.294 e. The number of ether oxygens (including phenoxy) is 1. The summed E-state index contributed by atoms with van der Waals surface area (Å²) in [6.45, 7) is 1.02. The van der Waals surface area contributed by atoms with E-state index >= 15 is 0 Å². The number of fused-ring (bicyclic) bond motifs is 8. The number of rotatable bonds is 8. The number of hydrogen-bond donors (Lipinski definition) is 7. The van der Waals surface area contributed by atoms with E-state index in [0.29, 0.717) is 5.56 Å². The zero-order valence-electron chi connectivity index (χ0n) is 27.4. The van der Waals surface area contributed by atoms with Gasteiger partial charge in [0.1, 0.15) is 23.0 Å². The van der Waals surface area contributed by atoms with Crippen molar-refractivity contribution in [2.75, 3.05) is 18.7 Å². The molecule has 0 radical (unpaired) electrons. The van der Waals surface area contributed by atoms with Gasteiger partial charge in [-0.2, -0.15) is 25.3 Å². The summed E-state index contributed by atoms with van der Waals surface area (Å²) in [5, 5.41) is 36.9. The van der Waals surface area contributed by atoms with E-state index in [1.807, 2.05) is 0 Å². The van der Waals surface area contributed by atoms with E-state index in [2.05, 4.69) is 5.32 Å². The Morgan fingerprint density at radius 3 is 1.25 bits per heavy atom. The molecule has 0 saturated heterocycles. The quantitative estimate of drug-likeness (QED) is 0.0878. The Labute approximate surface area is 303 Å². The highest BCUT2D eigenvalue weighted by Crippen LogP contribution is 2.40. The summed E-state index contributed by atoms with van der Waals surface area (Å²) < 4.78 is 111. The predicted octanol–water partition coefficient (Wildman–Crippen LogP) is 3.34. The Balaban J connectivity index is 1.89. The fourth-order valence-electron chi connectivity index (χ4n) is 5.98. The summed E-state index contributed by atoms with van der Waals surface area (Å²) in [5.74, 6) is -1.95. The average Bonchev–Trinajstić information content (AvgIpc) is 3.03. The lowest BCUT2D eigenvalue weighted by molar-refractivity contribution is -0.122. The van der Waals surface area contributed by atoms with Crippen molar-refractivity contribution in [3.8, 4) is 23.0 Å². The van der Waals surface area contributed by atoms with Crippen LogP contribution in [0, 0.1) is 6.92 Å². The van der Waals surface area contributed by atoms with Crippen molar-refractivity contribution < 1.29 is 63.8 Å². The first kappa shape index (κ1) is 38.9. The molecule has 1 aliphatic carbocycles. The molecule has 0 aliphatic heterocycles. The maximum atomic E-state index is 12.6. The van der Waals surface area contributed by atoms with E-state index < -0.39 is 81.9 Å². The minimum absolute atomic E-state index is 0.0901. The maximum Gasteiger partial charge on any atom is 0.294 e. The first-order valence-electron chi connectivity index (χ1n) is 15.1. The lowest BCUT2D eigenvalue weighted by Crippen LogP contribution is -2.28. The molecule has 0 atom stereocenters. The zero-order valence-corrected chi connectivity index (χ0v) is 30.7. The van der Waals surface area contributed by atoms with E-state index in [1.165, 1.54) is 23.9 Å². The van der Waals surface area contributed by atoms with E-state index in [4.69, 9.17) is 4.74 Å². The summed E-state index contributed by atoms with van der Waals surface area (Å²) in [4.78, 5) is 10.6. The number of phenolic OH excluding ortho intramolecular Hbond substituents is 3. The van der Waals surface area contributed by atoms with Crippen molar-refractivity contribution in [2.24, 2.45) is 0 Å². The van der Waals surface area contributed by atoms with Crippen LogP contribution in [0.4, 0.5) is 0 Å². The van der Waals surface area contributed by atoms with Crippen LogP contribution in [0.15, 0.2) is 63.2 Å². The van der Waals surface area contributed by atoms with Crippen LogP contribution >= 0.6 is 11.8 Å². The number of aryl methyl sites for hydroxylation is 1. The Kier molecular flexibility index (Phi) is 10.9. The zero-order chi connectivity index (χ0) is 38.3. The molecule has 278 valence electrons. The number of thioether (sulfide) groups is 1. The van der Waals surface area contributed by atoms with Crippen molar-refractivity contribution in [2.45, 2.75) is 47.3 Å². The lowest BCUT2D eigenvalue weighted by Gasteiger charge is -2.21. The second-order valence-electron chi connectivity index (χ2n) is 12.1. The Bertz CT molecular complexity index is 2310. The highest BCUT2D eigenvalue weighted by Gasteiger charge is 2.26. The number of carbonyl (C=O) groups is 1. The third kappa shape index (κ3) is 8.63. The lowest BCUT2D eigenvalue weighted by atomic mass is 9.90. The van der Waals surface area contributed by atoms with Crippen LogP contribution in [0.2, 0.25) is 0 Å². The monoisotopic (exact) mass is 795 g/mol. The normalized spacial score (nSPS) is 13.4. The number of phenols is 3. The van der Waals surface area contributed by atoms with Gasteiger partial charge >= 0.3 is 0 Å². The second-order valence-corrected chi connectivity index (χ2v) is 17.3. The topological polar surface area (TPSA) is 262 Å². The number of carbonyl (C=O) groups excluding carboxylic acids is 1. The van der Waals surface area contributed by atoms with E-state index in [-0.39, 0.29) is 74.7 Å². The summed E-state index contributed by atoms with van der Waals surface area (Å²) in [5.41, 5.74) is 0.104. The van der Waals surface area contributed by atoms with Gasteiger partial charge in [-0.3, -0.25) is 18.5 Å². The third-order valence-corrected chi connectivity index (χ3v) is 11.2. The van der Waals surface area contributed by atoms with E-state index in [1.54, 1.807) is 13.2 Å². The minimum atomic E-state index is -5.00. The molecule has 4 aromatic carbocycles. The molecule has 8 bridgehead atoms. The Morgan fingerprint density at radius 1 is 0.615 bits per heavy atom. The van der Waals surface area contributed by atoms with Crippen molar-refractivity contribution in [3.63, 3.8) is 0 Å². The Morgan fingerprint density at radius 2 is 0.923 bits per heavy atom. The van der Waals surface area contributed by atoms with Gasteiger partial charge in [0.15, 0.2) is 6.61 Å². The number of aromatic hydroxyl groups is 3. The third-order valence-electron chi connectivity index (χ3n) is 8.29. The predicted molar refractivity (Wildman–Crippen MR) is 188 cm³/mol. The summed E-state index contributed by atoms with van der Waals surface area (Å²) >= 11 is 1.29. The van der Waals surface area contributed by atoms with Gasteiger partial charge in [0.2, 0.25) is 0 Å². The van der Waals surface area contributed by atoms with Crippen LogP contribution in [0.25, 0.3) is 0 Å². The molecule has 0 spiro atoms. The molecular formula is C33H33NO14S4. The van der Waals surface area contributed by atoms with Crippen LogP contribution in [0.5, 0.6) is 23.0 Å². The van der Waals surface area contributed by atoms with Gasteiger partial charge in [-0.15, -0.1) is 11.8 Å². The number of benzene rings is 4. The molecule has 0 saturated carbocycles. The van der Waals surface area contributed by atoms with Crippen molar-refractivity contribution >= 4 is 48.0 Å². The Hall–Kier alpha value is -4.37. The first-order valence-corrected chi connectivity index (χ1v) is 20.8. The van der Waals surface area contributed by atoms with Gasteiger partial charge in [-0.1, -0.05) is 17.7 Å². The van der Waals surface area contributed by atoms with Gasteiger partial charge in [0, 0.05) is 59.1 Å². The highest BCUT2D eigenvalue weighted by atomic mass is 32.2. The second kappa shape index (κ2) is 14.6. The molecule has 19 heteroatoms. The fourth-order valence-corrected chi connectivity index (χ4v) is 8.03. The van der Waals surface area contributed by atoms with Crippen molar-refractivity contribution in [1.29, 1.82) is 0 Å². The highest BCUT2D eigenvalue weighted by molar-refractivity contribution is 7.98. The van der Waals surface area contributed by atoms with E-state index in [9.17, 15) is 59.0 Å². The van der Waals surface area contributed by atoms with Crippen LogP contribution in [-0.2, 0) is 60.8 Å². The molecule has 0 heterocycles. The average molecular weight is 796 g/mol. The molecule has 1 amide bonds. The van der Waals surface area contributed by atoms with Gasteiger partial charge in [0.25, 0.3) is 36.3 Å². The van der Waals surface area contributed by atoms with Crippen molar-refractivity contribution in [3.05, 3.63) is 98.6 Å². The summed E-state index contributed by atoms with van der Waals surface area (Å²) in [6.07, 6.45) is 0.0221. The largest absolute Gasteiger partial charge is 0.507 e. The molecule has 0 aromatic heterocycles. The maximum absolute atomic E-state index is 12.6. The number of amides is 1. The van der Waals surface area contributed by atoms with Gasteiger partial charge < -0.3 is 25.4 Å². The van der Waals surface area contributed by atoms with Crippen molar-refractivity contribution in [1.82, 2.24) is 5.32 Å². The van der Waals surface area contributed by atoms with E-state index in [0.717, 1.165) is 36.4 Å². The number of hydrogen-bond acceptors (Lipinski definition) is 12. The molecule has 1 aliphatic rings. The first-order chi connectivity index (χ1) is 24.1.